The smallest absolute Gasteiger partial charge is 0.253 e. The summed E-state index contributed by atoms with van der Waals surface area (Å²) in [5.74, 6) is -0.0510. The second-order valence-electron chi connectivity index (χ2n) is 6.55. The summed E-state index contributed by atoms with van der Waals surface area (Å²) in [6.07, 6.45) is -0.778. The standard InChI is InChI=1S/C20H23N5O3/c21-23-22-12-19(26)14-24(13-16-4-2-1-3-5-16)17-6-8-18(9-7-17)25-10-11-28-15-20(25)27/h1-9,19,26H,10-15H2. The lowest BCUT2D eigenvalue weighted by molar-refractivity contribution is -0.125. The van der Waals surface area contributed by atoms with Gasteiger partial charge in [0.2, 0.25) is 0 Å². The van der Waals surface area contributed by atoms with Crippen molar-refractivity contribution in [1.82, 2.24) is 0 Å². The van der Waals surface area contributed by atoms with Gasteiger partial charge in [-0.05, 0) is 35.4 Å². The van der Waals surface area contributed by atoms with E-state index in [-0.39, 0.29) is 19.1 Å². The molecule has 8 heteroatoms. The highest BCUT2D eigenvalue weighted by Gasteiger charge is 2.20. The highest BCUT2D eigenvalue weighted by Crippen LogP contribution is 2.24. The van der Waals surface area contributed by atoms with Gasteiger partial charge in [0, 0.05) is 35.9 Å². The van der Waals surface area contributed by atoms with E-state index in [1.165, 1.54) is 0 Å². The number of benzene rings is 2. The number of carbonyl (C=O) groups is 1. The Labute approximate surface area is 163 Å². The summed E-state index contributed by atoms with van der Waals surface area (Å²) in [6, 6.07) is 17.6. The third-order valence-corrected chi connectivity index (χ3v) is 4.52. The van der Waals surface area contributed by atoms with Crippen LogP contribution in [0.1, 0.15) is 5.56 Å². The molecule has 1 unspecified atom stereocenters. The van der Waals surface area contributed by atoms with Crippen LogP contribution in [0.25, 0.3) is 10.4 Å². The van der Waals surface area contributed by atoms with Crippen LogP contribution in [0.5, 0.6) is 0 Å². The van der Waals surface area contributed by atoms with Crippen LogP contribution in [0.2, 0.25) is 0 Å². The summed E-state index contributed by atoms with van der Waals surface area (Å²) in [5, 5.41) is 13.7. The number of rotatable bonds is 8. The number of hydrogen-bond donors (Lipinski definition) is 1. The Morgan fingerprint density at radius 1 is 1.21 bits per heavy atom. The lowest BCUT2D eigenvalue weighted by Gasteiger charge is -2.29. The number of anilines is 2. The normalized spacial score (nSPS) is 15.0. The van der Waals surface area contributed by atoms with Gasteiger partial charge in [0.1, 0.15) is 6.61 Å². The predicted octanol–water partition coefficient (Wildman–Crippen LogP) is 2.73. The molecule has 0 aromatic heterocycles. The van der Waals surface area contributed by atoms with Crippen molar-refractivity contribution in [3.8, 4) is 0 Å². The van der Waals surface area contributed by atoms with Gasteiger partial charge in [-0.15, -0.1) is 0 Å². The molecule has 1 amide bonds. The van der Waals surface area contributed by atoms with E-state index in [9.17, 15) is 9.90 Å². The lowest BCUT2D eigenvalue weighted by atomic mass is 10.1. The van der Waals surface area contributed by atoms with Gasteiger partial charge in [-0.25, -0.2) is 0 Å². The number of morpholine rings is 1. The molecule has 1 saturated heterocycles. The number of aliphatic hydroxyl groups excluding tert-OH is 1. The van der Waals surface area contributed by atoms with E-state index >= 15 is 0 Å². The Morgan fingerprint density at radius 3 is 2.64 bits per heavy atom. The molecular formula is C20H23N5O3. The summed E-state index contributed by atoms with van der Waals surface area (Å²) in [7, 11) is 0. The van der Waals surface area contributed by atoms with Crippen LogP contribution in [0.4, 0.5) is 11.4 Å². The average molecular weight is 381 g/mol. The topological polar surface area (TPSA) is 102 Å². The Balaban J connectivity index is 1.78. The van der Waals surface area contributed by atoms with E-state index < -0.39 is 6.10 Å². The maximum Gasteiger partial charge on any atom is 0.253 e. The number of carbonyl (C=O) groups excluding carboxylic acids is 1. The summed E-state index contributed by atoms with van der Waals surface area (Å²) < 4.78 is 5.18. The van der Waals surface area contributed by atoms with Crippen LogP contribution in [0.15, 0.2) is 59.7 Å². The molecule has 1 heterocycles. The monoisotopic (exact) mass is 381 g/mol. The van der Waals surface area contributed by atoms with Crippen molar-refractivity contribution in [2.24, 2.45) is 5.11 Å². The number of hydrogen-bond acceptors (Lipinski definition) is 5. The molecule has 28 heavy (non-hydrogen) atoms. The summed E-state index contributed by atoms with van der Waals surface area (Å²) in [4.78, 5) is 18.5. The van der Waals surface area contributed by atoms with Gasteiger partial charge < -0.3 is 19.6 Å². The summed E-state index contributed by atoms with van der Waals surface area (Å²) in [5.41, 5.74) is 11.3. The molecule has 0 saturated carbocycles. The fourth-order valence-electron chi connectivity index (χ4n) is 3.14. The van der Waals surface area contributed by atoms with Gasteiger partial charge in [-0.1, -0.05) is 35.4 Å². The first-order valence-corrected chi connectivity index (χ1v) is 9.13. The largest absolute Gasteiger partial charge is 0.391 e. The predicted molar refractivity (Wildman–Crippen MR) is 107 cm³/mol. The van der Waals surface area contributed by atoms with Crippen LogP contribution in [-0.4, -0.2) is 50.0 Å². The minimum Gasteiger partial charge on any atom is -0.391 e. The first kappa shape index (κ1) is 19.7. The average Bonchev–Trinajstić information content (AvgIpc) is 2.73. The number of ether oxygens (including phenoxy) is 1. The Hall–Kier alpha value is -3.06. The van der Waals surface area contributed by atoms with Gasteiger partial charge in [-0.3, -0.25) is 4.79 Å². The Kier molecular flexibility index (Phi) is 6.86. The zero-order valence-corrected chi connectivity index (χ0v) is 15.5. The molecule has 0 radical (unpaired) electrons. The van der Waals surface area contributed by atoms with Crippen molar-refractivity contribution in [1.29, 1.82) is 0 Å². The van der Waals surface area contributed by atoms with Crippen LogP contribution >= 0.6 is 0 Å². The third-order valence-electron chi connectivity index (χ3n) is 4.52. The van der Waals surface area contributed by atoms with Crippen molar-refractivity contribution >= 4 is 17.3 Å². The fourth-order valence-corrected chi connectivity index (χ4v) is 3.14. The quantitative estimate of drug-likeness (QED) is 0.431. The molecule has 1 N–H and O–H groups in total. The molecule has 1 aliphatic heterocycles. The van der Waals surface area contributed by atoms with Gasteiger partial charge in [0.05, 0.1) is 19.3 Å². The molecule has 2 aromatic rings. The van der Waals surface area contributed by atoms with E-state index in [4.69, 9.17) is 10.3 Å². The first-order chi connectivity index (χ1) is 13.7. The summed E-state index contributed by atoms with van der Waals surface area (Å²) >= 11 is 0. The van der Waals surface area contributed by atoms with Crippen LogP contribution in [0, 0.1) is 0 Å². The van der Waals surface area contributed by atoms with Crippen molar-refractivity contribution in [2.75, 3.05) is 42.6 Å². The van der Waals surface area contributed by atoms with E-state index in [2.05, 4.69) is 10.0 Å². The van der Waals surface area contributed by atoms with Gasteiger partial charge in [-0.2, -0.15) is 0 Å². The van der Waals surface area contributed by atoms with Crippen molar-refractivity contribution in [3.63, 3.8) is 0 Å². The van der Waals surface area contributed by atoms with Gasteiger partial charge in [0.15, 0.2) is 0 Å². The van der Waals surface area contributed by atoms with E-state index in [0.717, 1.165) is 16.9 Å². The second kappa shape index (κ2) is 9.75. The molecule has 146 valence electrons. The zero-order valence-electron chi connectivity index (χ0n) is 15.5. The highest BCUT2D eigenvalue weighted by molar-refractivity contribution is 5.95. The molecule has 8 nitrogen and oxygen atoms in total. The van der Waals surface area contributed by atoms with Crippen molar-refractivity contribution in [3.05, 3.63) is 70.6 Å². The lowest BCUT2D eigenvalue weighted by Crippen LogP contribution is -2.41. The first-order valence-electron chi connectivity index (χ1n) is 9.13. The fraction of sp³-hybridized carbons (Fsp3) is 0.350. The SMILES string of the molecule is [N-]=[N+]=NCC(O)CN(Cc1ccccc1)c1ccc(N2CCOCC2=O)cc1. The van der Waals surface area contributed by atoms with E-state index in [1.54, 1.807) is 4.90 Å². The zero-order chi connectivity index (χ0) is 19.8. The molecule has 3 rings (SSSR count). The second-order valence-corrected chi connectivity index (χ2v) is 6.55. The molecule has 0 spiro atoms. The van der Waals surface area contributed by atoms with Crippen LogP contribution in [-0.2, 0) is 16.1 Å². The minimum absolute atomic E-state index is 0.0160. The van der Waals surface area contributed by atoms with Gasteiger partial charge in [0.25, 0.3) is 5.91 Å². The number of nitrogens with zero attached hydrogens (tertiary/aromatic N) is 5. The molecule has 2 aromatic carbocycles. The number of amides is 1. The Bertz CT molecular complexity index is 821. The maximum absolute atomic E-state index is 12.0. The van der Waals surface area contributed by atoms with Crippen molar-refractivity contribution in [2.45, 2.75) is 12.6 Å². The third kappa shape index (κ3) is 5.23. The van der Waals surface area contributed by atoms with Crippen LogP contribution < -0.4 is 9.80 Å². The van der Waals surface area contributed by atoms with E-state index in [1.807, 2.05) is 59.5 Å². The van der Waals surface area contributed by atoms with Gasteiger partial charge >= 0.3 is 0 Å². The molecule has 0 aliphatic carbocycles. The van der Waals surface area contributed by atoms with Crippen molar-refractivity contribution < 1.29 is 14.6 Å². The number of azide groups is 1. The molecule has 1 atom stereocenters. The highest BCUT2D eigenvalue weighted by atomic mass is 16.5. The molecule has 1 fully saturated rings. The number of aliphatic hydroxyl groups is 1. The van der Waals surface area contributed by atoms with E-state index in [0.29, 0.717) is 26.2 Å². The Morgan fingerprint density at radius 2 is 1.96 bits per heavy atom. The maximum atomic E-state index is 12.0. The molecule has 0 bridgehead atoms. The minimum atomic E-state index is -0.778. The van der Waals surface area contributed by atoms with Crippen LogP contribution in [0.3, 0.4) is 0 Å². The molecular weight excluding hydrogens is 358 g/mol. The summed E-state index contributed by atoms with van der Waals surface area (Å²) in [6.45, 7) is 2.11. The molecule has 1 aliphatic rings.